The van der Waals surface area contributed by atoms with Crippen LogP contribution >= 0.6 is 22.9 Å². The normalized spacial score (nSPS) is 11.0. The Morgan fingerprint density at radius 1 is 1.00 bits per heavy atom. The fourth-order valence-corrected chi connectivity index (χ4v) is 3.82. The molecule has 5 heteroatoms. The van der Waals surface area contributed by atoms with E-state index in [1.54, 1.807) is 11.3 Å². The monoisotopic (exact) mass is 365 g/mol. The number of halogens is 1. The average Bonchev–Trinajstić information content (AvgIpc) is 3.06. The summed E-state index contributed by atoms with van der Waals surface area (Å²) in [5.41, 5.74) is 1.92. The van der Waals surface area contributed by atoms with E-state index in [0.717, 1.165) is 39.5 Å². The number of nitrogens with one attached hydrogen (secondary N) is 1. The molecule has 3 nitrogen and oxygen atoms in total. The van der Waals surface area contributed by atoms with Crippen molar-refractivity contribution in [1.29, 1.82) is 0 Å². The largest absolute Gasteiger partial charge is 0.340 e. The third kappa shape index (κ3) is 3.36. The Bertz CT molecular complexity index is 1030. The van der Waals surface area contributed by atoms with Crippen LogP contribution < -0.4 is 5.32 Å². The van der Waals surface area contributed by atoms with Crippen LogP contribution in [0.3, 0.4) is 0 Å². The minimum atomic E-state index is 0.693. The molecule has 1 N–H and O–H groups in total. The Morgan fingerprint density at radius 2 is 1.84 bits per heavy atom. The van der Waals surface area contributed by atoms with Gasteiger partial charge in [0, 0.05) is 21.2 Å². The highest BCUT2D eigenvalue weighted by molar-refractivity contribution is 7.18. The number of aromatic nitrogens is 2. The van der Waals surface area contributed by atoms with Gasteiger partial charge in [-0.1, -0.05) is 54.9 Å². The van der Waals surface area contributed by atoms with Crippen LogP contribution in [0.1, 0.15) is 11.8 Å². The lowest BCUT2D eigenvalue weighted by Crippen LogP contribution is -1.98. The van der Waals surface area contributed by atoms with Gasteiger partial charge in [0.25, 0.3) is 0 Å². The van der Waals surface area contributed by atoms with Gasteiger partial charge in [-0.15, -0.1) is 11.3 Å². The molecule has 0 unspecified atom stereocenters. The van der Waals surface area contributed by atoms with E-state index in [0.29, 0.717) is 5.02 Å². The summed E-state index contributed by atoms with van der Waals surface area (Å²) in [5.74, 6) is 1.53. The number of benzene rings is 2. The second kappa shape index (κ2) is 6.82. The van der Waals surface area contributed by atoms with E-state index in [9.17, 15) is 0 Å². The van der Waals surface area contributed by atoms with E-state index < -0.39 is 0 Å². The number of rotatable bonds is 4. The Kier molecular flexibility index (Phi) is 4.38. The van der Waals surface area contributed by atoms with Crippen LogP contribution in [0.4, 0.5) is 11.5 Å². The molecule has 2 heterocycles. The van der Waals surface area contributed by atoms with Crippen LogP contribution in [-0.4, -0.2) is 9.97 Å². The summed E-state index contributed by atoms with van der Waals surface area (Å²) in [6.45, 7) is 2.15. The second-order valence-corrected chi connectivity index (χ2v) is 7.23. The zero-order valence-electron chi connectivity index (χ0n) is 13.7. The molecule has 2 aromatic carbocycles. The van der Waals surface area contributed by atoms with Crippen molar-refractivity contribution in [3.8, 4) is 11.4 Å². The van der Waals surface area contributed by atoms with Crippen molar-refractivity contribution >= 4 is 44.7 Å². The Balaban J connectivity index is 1.86. The number of aryl methyl sites for hydroxylation is 1. The van der Waals surface area contributed by atoms with E-state index in [1.165, 1.54) is 4.88 Å². The first-order chi connectivity index (χ1) is 12.2. The first-order valence-electron chi connectivity index (χ1n) is 8.11. The lowest BCUT2D eigenvalue weighted by Gasteiger charge is -2.09. The minimum Gasteiger partial charge on any atom is -0.340 e. The smallest absolute Gasteiger partial charge is 0.163 e. The molecular formula is C20H16ClN3S. The Labute approximate surface area is 155 Å². The fourth-order valence-electron chi connectivity index (χ4n) is 2.66. The van der Waals surface area contributed by atoms with Gasteiger partial charge < -0.3 is 5.32 Å². The zero-order chi connectivity index (χ0) is 17.2. The van der Waals surface area contributed by atoms with Crippen LogP contribution in [-0.2, 0) is 6.42 Å². The molecule has 0 fully saturated rings. The number of hydrogen-bond acceptors (Lipinski definition) is 4. The molecule has 0 aliphatic heterocycles. The molecule has 0 amide bonds. The highest BCUT2D eigenvalue weighted by atomic mass is 35.5. The first kappa shape index (κ1) is 16.1. The maximum absolute atomic E-state index is 6.11. The zero-order valence-corrected chi connectivity index (χ0v) is 15.2. The molecule has 0 saturated heterocycles. The minimum absolute atomic E-state index is 0.693. The van der Waals surface area contributed by atoms with Crippen molar-refractivity contribution < 1.29 is 0 Å². The molecule has 0 atom stereocenters. The van der Waals surface area contributed by atoms with E-state index >= 15 is 0 Å². The topological polar surface area (TPSA) is 37.8 Å². The van der Waals surface area contributed by atoms with E-state index in [1.807, 2.05) is 54.6 Å². The van der Waals surface area contributed by atoms with Crippen molar-refractivity contribution in [1.82, 2.24) is 9.97 Å². The van der Waals surface area contributed by atoms with Crippen LogP contribution in [0.25, 0.3) is 21.6 Å². The quantitative estimate of drug-likeness (QED) is 0.460. The molecule has 0 radical (unpaired) electrons. The van der Waals surface area contributed by atoms with Crippen molar-refractivity contribution in [2.24, 2.45) is 0 Å². The molecule has 0 spiro atoms. The number of thiophene rings is 1. The van der Waals surface area contributed by atoms with E-state index in [-0.39, 0.29) is 0 Å². The lowest BCUT2D eigenvalue weighted by atomic mass is 10.2. The van der Waals surface area contributed by atoms with Crippen LogP contribution in [0.5, 0.6) is 0 Å². The number of hydrogen-bond donors (Lipinski definition) is 1. The summed E-state index contributed by atoms with van der Waals surface area (Å²) in [6, 6.07) is 19.9. The fraction of sp³-hybridized carbons (Fsp3) is 0.100. The van der Waals surface area contributed by atoms with Gasteiger partial charge in [-0.25, -0.2) is 9.97 Å². The van der Waals surface area contributed by atoms with Crippen molar-refractivity contribution in [3.63, 3.8) is 0 Å². The molecule has 25 heavy (non-hydrogen) atoms. The van der Waals surface area contributed by atoms with Gasteiger partial charge in [-0.05, 0) is 30.7 Å². The number of anilines is 2. The third-order valence-electron chi connectivity index (χ3n) is 3.91. The van der Waals surface area contributed by atoms with Crippen molar-refractivity contribution in [3.05, 3.63) is 70.6 Å². The summed E-state index contributed by atoms with van der Waals surface area (Å²) in [5, 5.41) is 5.14. The van der Waals surface area contributed by atoms with Crippen molar-refractivity contribution in [2.45, 2.75) is 13.3 Å². The number of fused-ring (bicyclic) bond motifs is 1. The molecular weight excluding hydrogens is 350 g/mol. The molecule has 0 aliphatic rings. The molecule has 4 aromatic rings. The van der Waals surface area contributed by atoms with Gasteiger partial charge in [-0.2, -0.15) is 0 Å². The van der Waals surface area contributed by atoms with Crippen LogP contribution in [0.15, 0.2) is 60.7 Å². The predicted molar refractivity (Wildman–Crippen MR) is 107 cm³/mol. The first-order valence-corrected chi connectivity index (χ1v) is 9.31. The van der Waals surface area contributed by atoms with Gasteiger partial charge in [0.1, 0.15) is 10.6 Å². The molecule has 0 bridgehead atoms. The summed E-state index contributed by atoms with van der Waals surface area (Å²) in [4.78, 5) is 11.9. The Morgan fingerprint density at radius 3 is 2.60 bits per heavy atom. The van der Waals surface area contributed by atoms with Gasteiger partial charge >= 0.3 is 0 Å². The van der Waals surface area contributed by atoms with Crippen molar-refractivity contribution in [2.75, 3.05) is 5.32 Å². The highest BCUT2D eigenvalue weighted by Gasteiger charge is 2.13. The van der Waals surface area contributed by atoms with Gasteiger partial charge in [0.05, 0.1) is 5.39 Å². The summed E-state index contributed by atoms with van der Waals surface area (Å²) in [6.07, 6.45) is 0.984. The summed E-state index contributed by atoms with van der Waals surface area (Å²) < 4.78 is 0. The summed E-state index contributed by atoms with van der Waals surface area (Å²) in [7, 11) is 0. The summed E-state index contributed by atoms with van der Waals surface area (Å²) >= 11 is 7.83. The highest BCUT2D eigenvalue weighted by Crippen LogP contribution is 2.33. The van der Waals surface area contributed by atoms with Gasteiger partial charge in [0.15, 0.2) is 5.82 Å². The molecule has 0 saturated carbocycles. The Hall–Kier alpha value is -2.43. The van der Waals surface area contributed by atoms with Gasteiger partial charge in [0.2, 0.25) is 0 Å². The molecule has 0 aliphatic carbocycles. The average molecular weight is 366 g/mol. The maximum atomic E-state index is 6.11. The predicted octanol–water partition coefficient (Wildman–Crippen LogP) is 6.32. The van der Waals surface area contributed by atoms with E-state index in [4.69, 9.17) is 21.6 Å². The molecule has 124 valence electrons. The second-order valence-electron chi connectivity index (χ2n) is 5.68. The molecule has 4 rings (SSSR count). The van der Waals surface area contributed by atoms with E-state index in [2.05, 4.69) is 18.3 Å². The van der Waals surface area contributed by atoms with Crippen LogP contribution in [0.2, 0.25) is 5.02 Å². The molecule has 2 aromatic heterocycles. The lowest BCUT2D eigenvalue weighted by molar-refractivity contribution is 1.19. The third-order valence-corrected chi connectivity index (χ3v) is 5.32. The van der Waals surface area contributed by atoms with Crippen LogP contribution in [0, 0.1) is 0 Å². The SMILES string of the molecule is CCc1cc2c(Nc3cccc(Cl)c3)nc(-c3ccccc3)nc2s1. The maximum Gasteiger partial charge on any atom is 0.163 e. The standard InChI is InChI=1S/C20H16ClN3S/c1-2-16-12-17-19(22-15-10-6-9-14(21)11-15)23-18(24-20(17)25-16)13-7-4-3-5-8-13/h3-12H,2H2,1H3,(H,22,23,24). The van der Waals surface area contributed by atoms with Gasteiger partial charge in [-0.3, -0.25) is 0 Å². The number of nitrogens with zero attached hydrogens (tertiary/aromatic N) is 2.